The normalized spacial score (nSPS) is 11.6. The lowest BCUT2D eigenvalue weighted by Crippen LogP contribution is -2.37. The monoisotopic (exact) mass is 397 g/mol. The van der Waals surface area contributed by atoms with Gasteiger partial charge in [0.15, 0.2) is 6.10 Å². The van der Waals surface area contributed by atoms with Gasteiger partial charge >= 0.3 is 0 Å². The predicted octanol–water partition coefficient (Wildman–Crippen LogP) is 3.18. The van der Waals surface area contributed by atoms with Gasteiger partial charge in [-0.3, -0.25) is 4.79 Å². The van der Waals surface area contributed by atoms with Gasteiger partial charge in [-0.15, -0.1) is 0 Å². The molecule has 0 aliphatic heterocycles. The van der Waals surface area contributed by atoms with Gasteiger partial charge in [-0.25, -0.2) is 0 Å². The maximum absolute atomic E-state index is 12.6. The van der Waals surface area contributed by atoms with E-state index in [0.717, 1.165) is 5.56 Å². The van der Waals surface area contributed by atoms with Gasteiger partial charge in [0.1, 0.15) is 17.2 Å². The Hall–Kier alpha value is -3.55. The summed E-state index contributed by atoms with van der Waals surface area (Å²) in [7, 11) is 4.82. The van der Waals surface area contributed by atoms with Crippen LogP contribution in [0.1, 0.15) is 12.8 Å². The van der Waals surface area contributed by atoms with Crippen LogP contribution in [0.5, 0.6) is 17.2 Å². The summed E-state index contributed by atoms with van der Waals surface area (Å²) in [6.45, 7) is 1.86. The van der Waals surface area contributed by atoms with Crippen LogP contribution in [0.2, 0.25) is 0 Å². The van der Waals surface area contributed by atoms with E-state index in [1.54, 1.807) is 52.5 Å². The first kappa shape index (κ1) is 20.2. The molecule has 3 rings (SSSR count). The van der Waals surface area contributed by atoms with Crippen molar-refractivity contribution in [3.63, 3.8) is 0 Å². The molecule has 0 radical (unpaired) electrons. The summed E-state index contributed by atoms with van der Waals surface area (Å²) in [6.07, 6.45) is -0.687. The molecule has 0 aliphatic rings. The Bertz CT molecular complexity index is 972. The molecule has 8 nitrogen and oxygen atoms in total. The fourth-order valence-electron chi connectivity index (χ4n) is 2.72. The summed E-state index contributed by atoms with van der Waals surface area (Å²) >= 11 is 0. The number of methoxy groups -OCH3 is 2. The second-order valence-corrected chi connectivity index (χ2v) is 6.38. The largest absolute Gasteiger partial charge is 0.497 e. The van der Waals surface area contributed by atoms with Crippen LogP contribution in [0.4, 0.5) is 0 Å². The van der Waals surface area contributed by atoms with Crippen molar-refractivity contribution < 1.29 is 23.5 Å². The number of hydrogen-bond donors (Lipinski definition) is 0. The van der Waals surface area contributed by atoms with Crippen molar-refractivity contribution in [2.24, 2.45) is 0 Å². The summed E-state index contributed by atoms with van der Waals surface area (Å²) in [5.41, 5.74) is 0.767. The van der Waals surface area contributed by atoms with E-state index in [1.165, 1.54) is 4.90 Å². The smallest absolute Gasteiger partial charge is 0.263 e. The molecule has 0 N–H and O–H groups in total. The van der Waals surface area contributed by atoms with Gasteiger partial charge in [0, 0.05) is 18.7 Å². The second-order valence-electron chi connectivity index (χ2n) is 6.38. The van der Waals surface area contributed by atoms with E-state index in [2.05, 4.69) is 10.1 Å². The summed E-state index contributed by atoms with van der Waals surface area (Å²) in [6, 6.07) is 14.4. The van der Waals surface area contributed by atoms with Crippen LogP contribution in [0, 0.1) is 0 Å². The highest BCUT2D eigenvalue weighted by Crippen LogP contribution is 2.22. The summed E-state index contributed by atoms with van der Waals surface area (Å²) in [5, 5.41) is 3.98. The number of amides is 1. The van der Waals surface area contributed by atoms with E-state index >= 15 is 0 Å². The maximum Gasteiger partial charge on any atom is 0.263 e. The van der Waals surface area contributed by atoms with E-state index in [4.69, 9.17) is 18.7 Å². The van der Waals surface area contributed by atoms with Crippen molar-refractivity contribution in [3.05, 3.63) is 54.4 Å². The van der Waals surface area contributed by atoms with Crippen molar-refractivity contribution in [1.82, 2.24) is 15.0 Å². The molecule has 0 saturated heterocycles. The molecule has 0 saturated carbocycles. The molecule has 152 valence electrons. The average molecular weight is 397 g/mol. The lowest BCUT2D eigenvalue weighted by atomic mass is 10.2. The Kier molecular flexibility index (Phi) is 6.33. The molecule has 0 unspecified atom stereocenters. The molecule has 1 atom stereocenters. The highest BCUT2D eigenvalue weighted by molar-refractivity contribution is 5.80. The molecule has 2 aromatic carbocycles. The second kappa shape index (κ2) is 9.09. The first-order valence-corrected chi connectivity index (χ1v) is 9.03. The zero-order valence-corrected chi connectivity index (χ0v) is 16.8. The molecule has 1 aromatic heterocycles. The fourth-order valence-corrected chi connectivity index (χ4v) is 2.72. The van der Waals surface area contributed by atoms with Gasteiger partial charge < -0.3 is 23.6 Å². The first-order valence-electron chi connectivity index (χ1n) is 9.03. The van der Waals surface area contributed by atoms with E-state index in [9.17, 15) is 4.79 Å². The number of carbonyl (C=O) groups is 1. The van der Waals surface area contributed by atoms with Crippen LogP contribution in [0.25, 0.3) is 11.4 Å². The summed E-state index contributed by atoms with van der Waals surface area (Å²) in [5.74, 6) is 2.45. The molecule has 0 bridgehead atoms. The van der Waals surface area contributed by atoms with E-state index < -0.39 is 6.10 Å². The van der Waals surface area contributed by atoms with Gasteiger partial charge in [0.25, 0.3) is 5.91 Å². The third kappa shape index (κ3) is 5.04. The van der Waals surface area contributed by atoms with E-state index in [-0.39, 0.29) is 12.5 Å². The molecule has 3 aromatic rings. The van der Waals surface area contributed by atoms with Gasteiger partial charge in [-0.2, -0.15) is 4.98 Å². The van der Waals surface area contributed by atoms with Crippen molar-refractivity contribution in [2.75, 3.05) is 21.3 Å². The molecule has 29 heavy (non-hydrogen) atoms. The van der Waals surface area contributed by atoms with Crippen molar-refractivity contribution in [1.29, 1.82) is 0 Å². The zero-order valence-electron chi connectivity index (χ0n) is 16.8. The number of carbonyl (C=O) groups excluding carboxylic acids is 1. The molecular weight excluding hydrogens is 374 g/mol. The lowest BCUT2D eigenvalue weighted by Gasteiger charge is -2.20. The van der Waals surface area contributed by atoms with Crippen LogP contribution < -0.4 is 14.2 Å². The molecule has 1 heterocycles. The highest BCUT2D eigenvalue weighted by Gasteiger charge is 2.22. The minimum absolute atomic E-state index is 0.168. The van der Waals surface area contributed by atoms with Crippen LogP contribution in [-0.4, -0.2) is 48.3 Å². The number of nitrogens with zero attached hydrogens (tertiary/aromatic N) is 3. The van der Waals surface area contributed by atoms with Crippen LogP contribution in [-0.2, 0) is 11.3 Å². The Morgan fingerprint density at radius 2 is 1.72 bits per heavy atom. The number of ether oxygens (including phenoxy) is 3. The number of benzene rings is 2. The maximum atomic E-state index is 12.6. The Balaban J connectivity index is 1.62. The van der Waals surface area contributed by atoms with E-state index in [1.807, 2.05) is 24.3 Å². The Labute approximate surface area is 169 Å². The number of aromatic nitrogens is 2. The fraction of sp³-hybridized carbons (Fsp3) is 0.286. The van der Waals surface area contributed by atoms with Gasteiger partial charge in [-0.05, 0) is 31.2 Å². The first-order chi connectivity index (χ1) is 14.0. The predicted molar refractivity (Wildman–Crippen MR) is 106 cm³/mol. The minimum Gasteiger partial charge on any atom is -0.497 e. The van der Waals surface area contributed by atoms with Crippen molar-refractivity contribution in [2.45, 2.75) is 19.6 Å². The van der Waals surface area contributed by atoms with Crippen LogP contribution >= 0.6 is 0 Å². The quantitative estimate of drug-likeness (QED) is 0.577. The van der Waals surface area contributed by atoms with Crippen molar-refractivity contribution >= 4 is 5.91 Å². The SMILES string of the molecule is COc1cccc(O[C@@H](C)C(=O)N(C)Cc2nc(-c3cccc(OC)c3)no2)c1. The standard InChI is InChI=1S/C21H23N3O5/c1-14(28-18-10-6-9-17(12-18)27-4)21(25)24(2)13-19-22-20(23-29-19)15-7-5-8-16(11-15)26-3/h5-12,14H,13H2,1-4H3/t14-/m0/s1. The minimum atomic E-state index is -0.687. The Morgan fingerprint density at radius 3 is 2.45 bits per heavy atom. The van der Waals surface area contributed by atoms with Crippen molar-refractivity contribution in [3.8, 4) is 28.6 Å². The number of hydrogen-bond acceptors (Lipinski definition) is 7. The highest BCUT2D eigenvalue weighted by atomic mass is 16.5. The lowest BCUT2D eigenvalue weighted by molar-refractivity contribution is -0.137. The summed E-state index contributed by atoms with van der Waals surface area (Å²) in [4.78, 5) is 18.5. The topological polar surface area (TPSA) is 86.9 Å². The van der Waals surface area contributed by atoms with Crippen LogP contribution in [0.3, 0.4) is 0 Å². The van der Waals surface area contributed by atoms with Gasteiger partial charge in [-0.1, -0.05) is 23.4 Å². The zero-order chi connectivity index (χ0) is 20.8. The number of likely N-dealkylation sites (N-methyl/N-ethyl adjacent to an activating group) is 1. The van der Waals surface area contributed by atoms with Crippen LogP contribution in [0.15, 0.2) is 53.1 Å². The van der Waals surface area contributed by atoms with Gasteiger partial charge in [0.05, 0.1) is 20.8 Å². The number of rotatable bonds is 8. The molecule has 0 spiro atoms. The third-order valence-corrected chi connectivity index (χ3v) is 4.25. The molecule has 0 aliphatic carbocycles. The van der Waals surface area contributed by atoms with E-state index in [0.29, 0.717) is 29.0 Å². The molecular formula is C21H23N3O5. The molecule has 8 heteroatoms. The Morgan fingerprint density at radius 1 is 1.07 bits per heavy atom. The average Bonchev–Trinajstić information content (AvgIpc) is 3.21. The van der Waals surface area contributed by atoms with Gasteiger partial charge in [0.2, 0.25) is 11.7 Å². The summed E-state index contributed by atoms with van der Waals surface area (Å²) < 4.78 is 21.4. The molecule has 1 amide bonds. The molecule has 0 fully saturated rings. The third-order valence-electron chi connectivity index (χ3n) is 4.25.